The van der Waals surface area contributed by atoms with Gasteiger partial charge in [-0.1, -0.05) is 6.07 Å². The van der Waals surface area contributed by atoms with Gasteiger partial charge in [0.1, 0.15) is 0 Å². The second-order valence-corrected chi connectivity index (χ2v) is 5.87. The Labute approximate surface area is 126 Å². The number of hydrogen-bond donors (Lipinski definition) is 2. The number of thioether (sulfide) groups is 1. The molecule has 0 aromatic heterocycles. The van der Waals surface area contributed by atoms with E-state index in [1.165, 1.54) is 12.1 Å². The van der Waals surface area contributed by atoms with Crippen molar-refractivity contribution in [3.63, 3.8) is 0 Å². The number of amides is 1. The molecule has 21 heavy (non-hydrogen) atoms. The van der Waals surface area contributed by atoms with Gasteiger partial charge in [-0.3, -0.25) is 19.8 Å². The molecule has 0 aliphatic carbocycles. The minimum absolute atomic E-state index is 0.0709. The van der Waals surface area contributed by atoms with E-state index in [-0.39, 0.29) is 5.56 Å². The lowest BCUT2D eigenvalue weighted by Gasteiger charge is -2.26. The number of aromatic hydroxyl groups is 1. The van der Waals surface area contributed by atoms with Crippen molar-refractivity contribution in [2.45, 2.75) is 0 Å². The van der Waals surface area contributed by atoms with Crippen LogP contribution < -0.4 is 5.32 Å². The molecule has 1 fully saturated rings. The van der Waals surface area contributed by atoms with Crippen LogP contribution in [0, 0.1) is 10.1 Å². The maximum atomic E-state index is 12.0. The van der Waals surface area contributed by atoms with Crippen LogP contribution in [0.3, 0.4) is 0 Å². The molecule has 2 N–H and O–H groups in total. The standard InChI is InChI=1S/C13H17N3O4S/c17-12-10(2-1-3-11(12)16(19)20)13(18)14-4-5-15-6-8-21-9-7-15/h1-3,17H,4-9H2,(H,14,18). The Bertz CT molecular complexity index is 532. The van der Waals surface area contributed by atoms with Crippen molar-refractivity contribution >= 4 is 23.4 Å². The summed E-state index contributed by atoms with van der Waals surface area (Å²) in [6, 6.07) is 3.92. The molecule has 1 aliphatic heterocycles. The van der Waals surface area contributed by atoms with Gasteiger partial charge in [0.05, 0.1) is 10.5 Å². The number of carbonyl (C=O) groups is 1. The van der Waals surface area contributed by atoms with E-state index in [4.69, 9.17) is 0 Å². The summed E-state index contributed by atoms with van der Waals surface area (Å²) in [6.45, 7) is 3.19. The van der Waals surface area contributed by atoms with E-state index >= 15 is 0 Å². The average Bonchev–Trinajstić information content (AvgIpc) is 2.48. The van der Waals surface area contributed by atoms with Crippen molar-refractivity contribution in [2.75, 3.05) is 37.7 Å². The molecule has 0 saturated carbocycles. The normalized spacial score (nSPS) is 15.6. The first-order valence-corrected chi connectivity index (χ1v) is 7.79. The van der Waals surface area contributed by atoms with Gasteiger partial charge in [0.2, 0.25) is 5.75 Å². The molecule has 7 nitrogen and oxygen atoms in total. The first-order chi connectivity index (χ1) is 10.1. The second-order valence-electron chi connectivity index (χ2n) is 4.64. The van der Waals surface area contributed by atoms with Crippen molar-refractivity contribution in [1.82, 2.24) is 10.2 Å². The molecule has 0 atom stereocenters. The van der Waals surface area contributed by atoms with Crippen LogP contribution >= 0.6 is 11.8 Å². The summed E-state index contributed by atoms with van der Waals surface area (Å²) >= 11 is 1.92. The summed E-state index contributed by atoms with van der Waals surface area (Å²) in [4.78, 5) is 24.2. The monoisotopic (exact) mass is 311 g/mol. The molecule has 1 aliphatic rings. The Kier molecular flexibility index (Phi) is 5.40. The summed E-state index contributed by atoms with van der Waals surface area (Å²) in [5.74, 6) is 1.11. The van der Waals surface area contributed by atoms with Gasteiger partial charge in [-0.05, 0) is 6.07 Å². The van der Waals surface area contributed by atoms with Crippen molar-refractivity contribution in [3.8, 4) is 5.75 Å². The van der Waals surface area contributed by atoms with E-state index in [0.29, 0.717) is 6.54 Å². The van der Waals surface area contributed by atoms with E-state index < -0.39 is 22.3 Å². The number of nitro groups is 1. The molecule has 114 valence electrons. The van der Waals surface area contributed by atoms with Crippen LogP contribution in [0.15, 0.2) is 18.2 Å². The lowest BCUT2D eigenvalue weighted by atomic mass is 10.1. The van der Waals surface area contributed by atoms with E-state index in [1.54, 1.807) is 0 Å². The van der Waals surface area contributed by atoms with Crippen LogP contribution in [0.2, 0.25) is 0 Å². The summed E-state index contributed by atoms with van der Waals surface area (Å²) in [5, 5.41) is 23.2. The molecule has 0 spiro atoms. The Balaban J connectivity index is 1.91. The molecule has 8 heteroatoms. The zero-order valence-corrected chi connectivity index (χ0v) is 12.3. The molecular weight excluding hydrogens is 294 g/mol. The van der Waals surface area contributed by atoms with Gasteiger partial charge in [0.15, 0.2) is 0 Å². The van der Waals surface area contributed by atoms with Crippen LogP contribution in [-0.4, -0.2) is 58.5 Å². The van der Waals surface area contributed by atoms with Crippen LogP contribution in [0.25, 0.3) is 0 Å². The fourth-order valence-electron chi connectivity index (χ4n) is 2.11. The number of para-hydroxylation sites is 1. The first kappa shape index (κ1) is 15.6. The summed E-state index contributed by atoms with van der Waals surface area (Å²) < 4.78 is 0. The van der Waals surface area contributed by atoms with Gasteiger partial charge < -0.3 is 10.4 Å². The SMILES string of the molecule is O=C(NCCN1CCSCC1)c1cccc([N+](=O)[O-])c1O. The Morgan fingerprint density at radius 1 is 1.43 bits per heavy atom. The van der Waals surface area contributed by atoms with Gasteiger partial charge in [0, 0.05) is 43.8 Å². The Morgan fingerprint density at radius 2 is 2.14 bits per heavy atom. The Hall–Kier alpha value is -1.80. The van der Waals surface area contributed by atoms with Gasteiger partial charge in [-0.2, -0.15) is 11.8 Å². The van der Waals surface area contributed by atoms with Gasteiger partial charge in [0.25, 0.3) is 5.91 Å². The molecule has 2 rings (SSSR count). The summed E-state index contributed by atoms with van der Waals surface area (Å²) in [6.07, 6.45) is 0. The minimum atomic E-state index is -0.711. The molecule has 1 saturated heterocycles. The van der Waals surface area contributed by atoms with Gasteiger partial charge in [-0.15, -0.1) is 0 Å². The third kappa shape index (κ3) is 4.08. The molecule has 0 radical (unpaired) electrons. The van der Waals surface area contributed by atoms with Crippen LogP contribution in [0.5, 0.6) is 5.75 Å². The molecule has 1 heterocycles. The molecule has 1 amide bonds. The predicted molar refractivity (Wildman–Crippen MR) is 80.9 cm³/mol. The highest BCUT2D eigenvalue weighted by Gasteiger charge is 2.20. The number of carbonyl (C=O) groups excluding carboxylic acids is 1. The highest BCUT2D eigenvalue weighted by molar-refractivity contribution is 7.99. The zero-order chi connectivity index (χ0) is 15.2. The minimum Gasteiger partial charge on any atom is -0.502 e. The second kappa shape index (κ2) is 7.28. The average molecular weight is 311 g/mol. The fraction of sp³-hybridized carbons (Fsp3) is 0.462. The van der Waals surface area contributed by atoms with Crippen molar-refractivity contribution in [2.24, 2.45) is 0 Å². The number of rotatable bonds is 5. The number of phenols is 1. The predicted octanol–water partition coefficient (Wildman–Crippen LogP) is 1.08. The zero-order valence-electron chi connectivity index (χ0n) is 11.4. The smallest absolute Gasteiger partial charge is 0.311 e. The van der Waals surface area contributed by atoms with Crippen LogP contribution in [-0.2, 0) is 0 Å². The molecule has 1 aromatic rings. The maximum absolute atomic E-state index is 12.0. The lowest BCUT2D eigenvalue weighted by molar-refractivity contribution is -0.385. The van der Waals surface area contributed by atoms with E-state index in [2.05, 4.69) is 10.2 Å². The molecule has 0 bridgehead atoms. The maximum Gasteiger partial charge on any atom is 0.311 e. The number of nitrogens with one attached hydrogen (secondary N) is 1. The fourth-order valence-corrected chi connectivity index (χ4v) is 3.09. The van der Waals surface area contributed by atoms with Crippen molar-refractivity contribution < 1.29 is 14.8 Å². The summed E-state index contributed by atoms with van der Waals surface area (Å²) in [7, 11) is 0. The van der Waals surface area contributed by atoms with Crippen LogP contribution in [0.4, 0.5) is 5.69 Å². The lowest BCUT2D eigenvalue weighted by Crippen LogP contribution is -2.39. The third-order valence-electron chi connectivity index (χ3n) is 3.27. The van der Waals surface area contributed by atoms with Crippen molar-refractivity contribution in [3.05, 3.63) is 33.9 Å². The quantitative estimate of drug-likeness (QED) is 0.624. The summed E-state index contributed by atoms with van der Waals surface area (Å²) in [5.41, 5.74) is -0.533. The van der Waals surface area contributed by atoms with Crippen molar-refractivity contribution in [1.29, 1.82) is 0 Å². The highest BCUT2D eigenvalue weighted by atomic mass is 32.2. The largest absolute Gasteiger partial charge is 0.502 e. The Morgan fingerprint density at radius 3 is 2.81 bits per heavy atom. The number of hydrogen-bond acceptors (Lipinski definition) is 6. The van der Waals surface area contributed by atoms with E-state index in [1.807, 2.05) is 11.8 Å². The number of benzene rings is 1. The van der Waals surface area contributed by atoms with E-state index in [0.717, 1.165) is 37.2 Å². The number of nitrogens with zero attached hydrogens (tertiary/aromatic N) is 2. The van der Waals surface area contributed by atoms with E-state index in [9.17, 15) is 20.0 Å². The topological polar surface area (TPSA) is 95.7 Å². The number of nitro benzene ring substituents is 1. The first-order valence-electron chi connectivity index (χ1n) is 6.64. The van der Waals surface area contributed by atoms with Gasteiger partial charge in [-0.25, -0.2) is 0 Å². The number of phenolic OH excluding ortho intramolecular Hbond substituents is 1. The molecule has 1 aromatic carbocycles. The van der Waals surface area contributed by atoms with Crippen LogP contribution in [0.1, 0.15) is 10.4 Å². The third-order valence-corrected chi connectivity index (χ3v) is 4.22. The molecular formula is C13H17N3O4S. The van der Waals surface area contributed by atoms with Gasteiger partial charge >= 0.3 is 5.69 Å². The highest BCUT2D eigenvalue weighted by Crippen LogP contribution is 2.28. The molecule has 0 unspecified atom stereocenters.